The predicted molar refractivity (Wildman–Crippen MR) is 67.1 cm³/mol. The van der Waals surface area contributed by atoms with Crippen LogP contribution < -0.4 is 10.9 Å². The average Bonchev–Trinajstić information content (AvgIpc) is 3.19. The zero-order chi connectivity index (χ0) is 13.0. The SMILES string of the molecule is O=C(CCn1ccccc1=O)NCC(O)C1CC1. The normalized spacial score (nSPS) is 16.3. The monoisotopic (exact) mass is 250 g/mol. The summed E-state index contributed by atoms with van der Waals surface area (Å²) < 4.78 is 1.50. The molecule has 1 heterocycles. The number of rotatable bonds is 6. The second-order valence-corrected chi connectivity index (χ2v) is 4.69. The third-order valence-corrected chi connectivity index (χ3v) is 3.15. The Morgan fingerprint density at radius 1 is 1.50 bits per heavy atom. The lowest BCUT2D eigenvalue weighted by Crippen LogP contribution is -2.34. The first kappa shape index (κ1) is 12.8. The first-order valence-corrected chi connectivity index (χ1v) is 6.27. The van der Waals surface area contributed by atoms with Crippen LogP contribution in [0.25, 0.3) is 0 Å². The van der Waals surface area contributed by atoms with Crippen LogP contribution >= 0.6 is 0 Å². The van der Waals surface area contributed by atoms with E-state index in [1.54, 1.807) is 18.3 Å². The Bertz CT molecular complexity index is 465. The molecular formula is C13H18N2O3. The van der Waals surface area contributed by atoms with Gasteiger partial charge in [-0.2, -0.15) is 0 Å². The van der Waals surface area contributed by atoms with E-state index in [0.717, 1.165) is 12.8 Å². The molecule has 1 aromatic rings. The van der Waals surface area contributed by atoms with Crippen LogP contribution in [-0.2, 0) is 11.3 Å². The molecule has 0 saturated heterocycles. The third kappa shape index (κ3) is 3.70. The minimum absolute atomic E-state index is 0.108. The van der Waals surface area contributed by atoms with Crippen LogP contribution in [0.15, 0.2) is 29.2 Å². The highest BCUT2D eigenvalue weighted by atomic mass is 16.3. The van der Waals surface area contributed by atoms with Crippen molar-refractivity contribution in [1.82, 2.24) is 9.88 Å². The number of aryl methyl sites for hydroxylation is 1. The Labute approximate surface area is 105 Å². The van der Waals surface area contributed by atoms with Crippen molar-refractivity contribution >= 4 is 5.91 Å². The minimum Gasteiger partial charge on any atom is -0.391 e. The van der Waals surface area contributed by atoms with Crippen LogP contribution in [0.3, 0.4) is 0 Å². The molecule has 5 heteroatoms. The van der Waals surface area contributed by atoms with Gasteiger partial charge in [0, 0.05) is 31.8 Å². The van der Waals surface area contributed by atoms with Crippen molar-refractivity contribution in [3.05, 3.63) is 34.7 Å². The van der Waals surface area contributed by atoms with Crippen LogP contribution in [0, 0.1) is 5.92 Å². The van der Waals surface area contributed by atoms with E-state index in [9.17, 15) is 14.7 Å². The van der Waals surface area contributed by atoms with Gasteiger partial charge in [-0.25, -0.2) is 0 Å². The number of aliphatic hydroxyl groups excluding tert-OH is 1. The summed E-state index contributed by atoms with van der Waals surface area (Å²) in [5.41, 5.74) is -0.108. The van der Waals surface area contributed by atoms with Gasteiger partial charge in [-0.15, -0.1) is 0 Å². The second-order valence-electron chi connectivity index (χ2n) is 4.69. The summed E-state index contributed by atoms with van der Waals surface area (Å²) in [4.78, 5) is 22.9. The highest BCUT2D eigenvalue weighted by Crippen LogP contribution is 2.32. The number of nitrogens with one attached hydrogen (secondary N) is 1. The van der Waals surface area contributed by atoms with Crippen LogP contribution in [0.4, 0.5) is 0 Å². The van der Waals surface area contributed by atoms with Crippen LogP contribution in [0.1, 0.15) is 19.3 Å². The molecule has 5 nitrogen and oxygen atoms in total. The van der Waals surface area contributed by atoms with E-state index in [-0.39, 0.29) is 17.9 Å². The molecule has 2 N–H and O–H groups in total. The van der Waals surface area contributed by atoms with Crippen molar-refractivity contribution in [2.75, 3.05) is 6.54 Å². The van der Waals surface area contributed by atoms with E-state index < -0.39 is 6.10 Å². The molecule has 2 rings (SSSR count). The zero-order valence-corrected chi connectivity index (χ0v) is 10.2. The number of hydrogen-bond acceptors (Lipinski definition) is 3. The van der Waals surface area contributed by atoms with Gasteiger partial charge in [0.2, 0.25) is 5.91 Å². The summed E-state index contributed by atoms with van der Waals surface area (Å²) in [7, 11) is 0. The Morgan fingerprint density at radius 3 is 2.94 bits per heavy atom. The lowest BCUT2D eigenvalue weighted by molar-refractivity contribution is -0.121. The predicted octanol–water partition coefficient (Wildman–Crippen LogP) is 0.125. The van der Waals surface area contributed by atoms with Crippen molar-refractivity contribution < 1.29 is 9.90 Å². The molecule has 0 spiro atoms. The van der Waals surface area contributed by atoms with E-state index in [1.165, 1.54) is 10.6 Å². The topological polar surface area (TPSA) is 71.3 Å². The molecular weight excluding hydrogens is 232 g/mol. The maximum absolute atomic E-state index is 11.5. The van der Waals surface area contributed by atoms with Gasteiger partial charge >= 0.3 is 0 Å². The number of nitrogens with zero attached hydrogens (tertiary/aromatic N) is 1. The van der Waals surface area contributed by atoms with E-state index in [4.69, 9.17) is 0 Å². The number of carbonyl (C=O) groups excluding carboxylic acids is 1. The van der Waals surface area contributed by atoms with Crippen LogP contribution in [0.2, 0.25) is 0 Å². The first-order valence-electron chi connectivity index (χ1n) is 6.27. The minimum atomic E-state index is -0.423. The molecule has 1 atom stereocenters. The van der Waals surface area contributed by atoms with Crippen molar-refractivity contribution in [3.63, 3.8) is 0 Å². The van der Waals surface area contributed by atoms with Crippen LogP contribution in [-0.4, -0.2) is 28.2 Å². The molecule has 1 aliphatic rings. The molecule has 1 unspecified atom stereocenters. The largest absolute Gasteiger partial charge is 0.391 e. The molecule has 0 aliphatic heterocycles. The van der Waals surface area contributed by atoms with Gasteiger partial charge in [0.15, 0.2) is 0 Å². The average molecular weight is 250 g/mol. The molecule has 1 aromatic heterocycles. The number of hydrogen-bond donors (Lipinski definition) is 2. The molecule has 1 saturated carbocycles. The number of carbonyl (C=O) groups is 1. The molecule has 18 heavy (non-hydrogen) atoms. The molecule has 0 radical (unpaired) electrons. The summed E-state index contributed by atoms with van der Waals surface area (Å²) in [6, 6.07) is 4.90. The molecule has 98 valence electrons. The Kier molecular flexibility index (Phi) is 4.15. The molecule has 0 aromatic carbocycles. The fourth-order valence-electron chi connectivity index (χ4n) is 1.82. The number of pyridine rings is 1. The maximum atomic E-state index is 11.5. The highest BCUT2D eigenvalue weighted by molar-refractivity contribution is 5.75. The van der Waals surface area contributed by atoms with E-state index in [2.05, 4.69) is 5.32 Å². The zero-order valence-electron chi connectivity index (χ0n) is 10.2. The van der Waals surface area contributed by atoms with Gasteiger partial charge in [-0.3, -0.25) is 9.59 Å². The van der Waals surface area contributed by atoms with Gasteiger partial charge in [0.05, 0.1) is 6.10 Å². The van der Waals surface area contributed by atoms with E-state index in [1.807, 2.05) is 0 Å². The standard InChI is InChI=1S/C13H18N2O3/c16-11(10-4-5-10)9-14-12(17)6-8-15-7-2-1-3-13(15)18/h1-3,7,10-11,16H,4-6,8-9H2,(H,14,17). The first-order chi connectivity index (χ1) is 8.66. The Hall–Kier alpha value is -1.62. The quantitative estimate of drug-likeness (QED) is 0.753. The second kappa shape index (κ2) is 5.82. The lowest BCUT2D eigenvalue weighted by Gasteiger charge is -2.11. The Morgan fingerprint density at radius 2 is 2.28 bits per heavy atom. The third-order valence-electron chi connectivity index (χ3n) is 3.15. The molecule has 0 bridgehead atoms. The van der Waals surface area contributed by atoms with Crippen molar-refractivity contribution in [1.29, 1.82) is 0 Å². The van der Waals surface area contributed by atoms with E-state index >= 15 is 0 Å². The summed E-state index contributed by atoms with van der Waals surface area (Å²) in [6.45, 7) is 0.679. The van der Waals surface area contributed by atoms with Gasteiger partial charge < -0.3 is 15.0 Å². The van der Waals surface area contributed by atoms with Crippen molar-refractivity contribution in [3.8, 4) is 0 Å². The summed E-state index contributed by atoms with van der Waals surface area (Å²) >= 11 is 0. The summed E-state index contributed by atoms with van der Waals surface area (Å²) in [5.74, 6) is 0.229. The summed E-state index contributed by atoms with van der Waals surface area (Å²) in [5, 5.41) is 12.3. The van der Waals surface area contributed by atoms with Crippen molar-refractivity contribution in [2.45, 2.75) is 31.9 Å². The number of aliphatic hydroxyl groups is 1. The van der Waals surface area contributed by atoms with Gasteiger partial charge in [0.25, 0.3) is 5.56 Å². The highest BCUT2D eigenvalue weighted by Gasteiger charge is 2.29. The van der Waals surface area contributed by atoms with E-state index in [0.29, 0.717) is 19.0 Å². The Balaban J connectivity index is 1.71. The van der Waals surface area contributed by atoms with Gasteiger partial charge in [-0.1, -0.05) is 6.07 Å². The maximum Gasteiger partial charge on any atom is 0.250 e. The van der Waals surface area contributed by atoms with Gasteiger partial charge in [-0.05, 0) is 24.8 Å². The molecule has 1 aliphatic carbocycles. The smallest absolute Gasteiger partial charge is 0.250 e. The summed E-state index contributed by atoms with van der Waals surface area (Å²) in [6.07, 6.45) is 3.59. The lowest BCUT2D eigenvalue weighted by atomic mass is 10.2. The van der Waals surface area contributed by atoms with Gasteiger partial charge in [0.1, 0.15) is 0 Å². The fraction of sp³-hybridized carbons (Fsp3) is 0.538. The fourth-order valence-corrected chi connectivity index (χ4v) is 1.82. The number of aromatic nitrogens is 1. The van der Waals surface area contributed by atoms with Crippen LogP contribution in [0.5, 0.6) is 0 Å². The molecule has 1 amide bonds. The number of amides is 1. The van der Waals surface area contributed by atoms with Crippen molar-refractivity contribution in [2.24, 2.45) is 5.92 Å². The molecule has 1 fully saturated rings.